The van der Waals surface area contributed by atoms with Crippen molar-refractivity contribution in [3.05, 3.63) is 0 Å². The van der Waals surface area contributed by atoms with Gasteiger partial charge in [-0.3, -0.25) is 4.79 Å². The van der Waals surface area contributed by atoms with E-state index in [1.807, 2.05) is 0 Å². The summed E-state index contributed by atoms with van der Waals surface area (Å²) < 4.78 is 21.5. The predicted molar refractivity (Wildman–Crippen MR) is 95.6 cm³/mol. The first-order chi connectivity index (χ1) is 14.1. The average molecular weight is 438 g/mol. The van der Waals surface area contributed by atoms with Gasteiger partial charge in [-0.05, 0) is 6.92 Å². The number of aliphatic hydroxyl groups excluding tert-OH is 6. The Balaban J connectivity index is 2.19. The minimum Gasteiger partial charge on any atom is -0.410 e. The Morgan fingerprint density at radius 3 is 2.50 bits per heavy atom. The molecule has 2 aliphatic heterocycles. The molecule has 7 unspecified atom stereocenters. The highest BCUT2D eigenvalue weighted by Crippen LogP contribution is 2.38. The van der Waals surface area contributed by atoms with Crippen molar-refractivity contribution in [2.45, 2.75) is 74.9 Å². The number of rotatable bonds is 10. The lowest BCUT2D eigenvalue weighted by molar-refractivity contribution is -0.418. The lowest BCUT2D eigenvalue weighted by Gasteiger charge is -2.47. The summed E-state index contributed by atoms with van der Waals surface area (Å²) in [5.41, 5.74) is 0. The number of carbonyl (C=O) groups is 2. The van der Waals surface area contributed by atoms with Crippen LogP contribution in [0.25, 0.3) is 0 Å². The van der Waals surface area contributed by atoms with E-state index in [0.717, 1.165) is 0 Å². The predicted octanol–water partition coefficient (Wildman–Crippen LogP) is -3.20. The van der Waals surface area contributed by atoms with Gasteiger partial charge in [0.15, 0.2) is 0 Å². The van der Waals surface area contributed by atoms with Crippen molar-refractivity contribution in [1.29, 1.82) is 0 Å². The van der Waals surface area contributed by atoms with E-state index in [1.165, 1.54) is 6.92 Å². The van der Waals surface area contributed by atoms with Crippen LogP contribution in [0.5, 0.6) is 0 Å². The van der Waals surface area contributed by atoms with Crippen molar-refractivity contribution < 1.29 is 59.2 Å². The number of ketones is 1. The van der Waals surface area contributed by atoms with Crippen LogP contribution in [0.4, 0.5) is 0 Å². The summed E-state index contributed by atoms with van der Waals surface area (Å²) in [4.78, 5) is 22.7. The molecule has 0 bridgehead atoms. The summed E-state index contributed by atoms with van der Waals surface area (Å²) in [5, 5.41) is 59.2. The standard InChI is InChI=1S/C18H30O12/c1-9(21)2-11-13(23)4-18(29-8-20,30-17(11)16(26)14(24)5-19)28-6-10-3-12(22)15(25)7-27-10/h8,10-17,19,22-26H,2-7H2,1H3/t10?,11?,12?,13?,14-,15?,16+,17?,18?/m1/s1. The molecule has 2 fully saturated rings. The second-order valence-corrected chi connectivity index (χ2v) is 7.70. The number of hydrogen-bond donors (Lipinski definition) is 6. The van der Waals surface area contributed by atoms with E-state index in [4.69, 9.17) is 24.1 Å². The van der Waals surface area contributed by atoms with Crippen LogP contribution in [0.2, 0.25) is 0 Å². The molecule has 2 saturated heterocycles. The Morgan fingerprint density at radius 2 is 1.93 bits per heavy atom. The first-order valence-corrected chi connectivity index (χ1v) is 9.68. The summed E-state index contributed by atoms with van der Waals surface area (Å²) in [7, 11) is 0. The van der Waals surface area contributed by atoms with Gasteiger partial charge in [-0.25, -0.2) is 0 Å². The fraction of sp³-hybridized carbons (Fsp3) is 0.889. The molecule has 6 N–H and O–H groups in total. The Bertz CT molecular complexity index is 573. The number of carbonyl (C=O) groups excluding carboxylic acids is 2. The fourth-order valence-corrected chi connectivity index (χ4v) is 3.66. The Kier molecular flexibility index (Phi) is 9.09. The SMILES string of the molecule is CC(=O)CC1C(O)CC(OC=O)(OCC2CC(O)C(O)CO2)OC1[C@@H](O)[C@H](O)CO. The zero-order valence-electron chi connectivity index (χ0n) is 16.6. The lowest BCUT2D eigenvalue weighted by Crippen LogP contribution is -2.60. The second kappa shape index (κ2) is 10.9. The molecule has 12 nitrogen and oxygen atoms in total. The van der Waals surface area contributed by atoms with E-state index in [1.54, 1.807) is 0 Å². The molecule has 2 rings (SSSR count). The fourth-order valence-electron chi connectivity index (χ4n) is 3.66. The highest BCUT2D eigenvalue weighted by Gasteiger charge is 2.53. The molecule has 174 valence electrons. The van der Waals surface area contributed by atoms with Crippen LogP contribution < -0.4 is 0 Å². The molecule has 9 atom stereocenters. The molecule has 0 aromatic carbocycles. The summed E-state index contributed by atoms with van der Waals surface area (Å²) in [6.07, 6.45) is -9.46. The Hall–Kier alpha value is -1.22. The van der Waals surface area contributed by atoms with E-state index in [9.17, 15) is 35.1 Å². The lowest BCUT2D eigenvalue weighted by atomic mass is 9.82. The van der Waals surface area contributed by atoms with Gasteiger partial charge >= 0.3 is 5.97 Å². The van der Waals surface area contributed by atoms with Crippen molar-refractivity contribution in [1.82, 2.24) is 0 Å². The van der Waals surface area contributed by atoms with Crippen molar-refractivity contribution in [3.63, 3.8) is 0 Å². The van der Waals surface area contributed by atoms with Crippen molar-refractivity contribution in [2.24, 2.45) is 5.92 Å². The third-order valence-electron chi connectivity index (χ3n) is 5.30. The molecule has 0 amide bonds. The van der Waals surface area contributed by atoms with Gasteiger partial charge in [0.1, 0.15) is 24.1 Å². The van der Waals surface area contributed by atoms with E-state index in [-0.39, 0.29) is 38.3 Å². The summed E-state index contributed by atoms with van der Waals surface area (Å²) in [5.74, 6) is -3.44. The van der Waals surface area contributed by atoms with E-state index in [2.05, 4.69) is 0 Å². The quantitative estimate of drug-likeness (QED) is 0.148. The van der Waals surface area contributed by atoms with Crippen LogP contribution in [0.1, 0.15) is 26.2 Å². The van der Waals surface area contributed by atoms with Gasteiger partial charge in [-0.15, -0.1) is 0 Å². The highest BCUT2D eigenvalue weighted by molar-refractivity contribution is 5.75. The highest BCUT2D eigenvalue weighted by atomic mass is 16.9. The van der Waals surface area contributed by atoms with Crippen LogP contribution in [0.3, 0.4) is 0 Å². The molecular weight excluding hydrogens is 408 g/mol. The zero-order valence-corrected chi connectivity index (χ0v) is 16.6. The minimum atomic E-state index is -2.17. The summed E-state index contributed by atoms with van der Waals surface area (Å²) in [6.45, 7) is 0.0871. The van der Waals surface area contributed by atoms with Crippen LogP contribution >= 0.6 is 0 Å². The zero-order chi connectivity index (χ0) is 22.5. The first kappa shape index (κ1) is 25.0. The van der Waals surface area contributed by atoms with E-state index < -0.39 is 67.6 Å². The van der Waals surface area contributed by atoms with Gasteiger partial charge < -0.3 is 54.4 Å². The third-order valence-corrected chi connectivity index (χ3v) is 5.30. The number of Topliss-reactive ketones (excluding diaryl/α,β-unsaturated/α-hetero) is 1. The van der Waals surface area contributed by atoms with E-state index >= 15 is 0 Å². The topological polar surface area (TPSA) is 192 Å². The van der Waals surface area contributed by atoms with Crippen molar-refractivity contribution >= 4 is 12.3 Å². The minimum absolute atomic E-state index is 0.0181. The molecule has 2 heterocycles. The van der Waals surface area contributed by atoms with E-state index in [0.29, 0.717) is 0 Å². The van der Waals surface area contributed by atoms with Crippen LogP contribution in [0.15, 0.2) is 0 Å². The second-order valence-electron chi connectivity index (χ2n) is 7.70. The third kappa shape index (κ3) is 6.15. The van der Waals surface area contributed by atoms with Gasteiger partial charge in [0.05, 0.1) is 50.7 Å². The largest absolute Gasteiger partial charge is 0.410 e. The number of aliphatic hydroxyl groups is 6. The molecule has 30 heavy (non-hydrogen) atoms. The smallest absolute Gasteiger partial charge is 0.332 e. The molecule has 0 aliphatic carbocycles. The normalized spacial score (nSPS) is 39.2. The Morgan fingerprint density at radius 1 is 1.23 bits per heavy atom. The van der Waals surface area contributed by atoms with Gasteiger partial charge in [-0.2, -0.15) is 0 Å². The molecule has 0 radical (unpaired) electrons. The van der Waals surface area contributed by atoms with Crippen molar-refractivity contribution in [2.75, 3.05) is 19.8 Å². The van der Waals surface area contributed by atoms with Crippen molar-refractivity contribution in [3.8, 4) is 0 Å². The molecular formula is C18H30O12. The number of hydrogen-bond acceptors (Lipinski definition) is 12. The summed E-state index contributed by atoms with van der Waals surface area (Å²) in [6, 6.07) is 0. The summed E-state index contributed by atoms with van der Waals surface area (Å²) >= 11 is 0. The maximum atomic E-state index is 11.6. The molecule has 0 spiro atoms. The number of ether oxygens (including phenoxy) is 4. The first-order valence-electron chi connectivity index (χ1n) is 9.68. The molecule has 0 saturated carbocycles. The van der Waals surface area contributed by atoms with Gasteiger partial charge in [-0.1, -0.05) is 0 Å². The molecule has 12 heteroatoms. The van der Waals surface area contributed by atoms with Crippen LogP contribution in [0, 0.1) is 5.92 Å². The maximum Gasteiger partial charge on any atom is 0.332 e. The average Bonchev–Trinajstić information content (AvgIpc) is 2.69. The molecule has 2 aliphatic rings. The van der Waals surface area contributed by atoms with Crippen LogP contribution in [-0.4, -0.2) is 111 Å². The maximum absolute atomic E-state index is 11.6. The van der Waals surface area contributed by atoms with Crippen LogP contribution in [-0.2, 0) is 28.5 Å². The monoisotopic (exact) mass is 438 g/mol. The molecule has 0 aromatic rings. The van der Waals surface area contributed by atoms with Gasteiger partial charge in [0, 0.05) is 18.8 Å². The Labute approximate surface area is 172 Å². The molecule has 0 aromatic heterocycles. The van der Waals surface area contributed by atoms with Gasteiger partial charge in [0.2, 0.25) is 0 Å². The van der Waals surface area contributed by atoms with Gasteiger partial charge in [0.25, 0.3) is 6.47 Å².